The summed E-state index contributed by atoms with van der Waals surface area (Å²) in [5.74, 6) is 0.489. The molecular weight excluding hydrogens is 212 g/mol. The van der Waals surface area contributed by atoms with Gasteiger partial charge in [0.2, 0.25) is 0 Å². The van der Waals surface area contributed by atoms with Gasteiger partial charge in [0, 0.05) is 17.8 Å². The summed E-state index contributed by atoms with van der Waals surface area (Å²) in [4.78, 5) is 6.94. The topological polar surface area (TPSA) is 25.4 Å². The Hall–Kier alpha value is -1.09. The summed E-state index contributed by atoms with van der Waals surface area (Å²) in [6, 6.07) is 5.16. The lowest BCUT2D eigenvalue weighted by Crippen LogP contribution is -2.49. The van der Waals surface area contributed by atoms with Crippen molar-refractivity contribution in [3.05, 3.63) is 24.0 Å². The molecule has 0 bridgehead atoms. The number of pyridine rings is 1. The summed E-state index contributed by atoms with van der Waals surface area (Å²) in [6.07, 6.45) is 1.99. The molecule has 2 rings (SSSR count). The highest BCUT2D eigenvalue weighted by Gasteiger charge is 2.25. The van der Waals surface area contributed by atoms with Crippen molar-refractivity contribution in [1.82, 2.24) is 4.98 Å². The van der Waals surface area contributed by atoms with Crippen molar-refractivity contribution >= 4 is 5.69 Å². The summed E-state index contributed by atoms with van der Waals surface area (Å²) in [5.41, 5.74) is 2.36. The van der Waals surface area contributed by atoms with E-state index in [0.717, 1.165) is 18.9 Å². The number of hydrogen-bond donors (Lipinski definition) is 0. The van der Waals surface area contributed by atoms with Crippen LogP contribution in [0.1, 0.15) is 39.3 Å². The average molecular weight is 234 g/mol. The van der Waals surface area contributed by atoms with Crippen LogP contribution in [0.4, 0.5) is 5.69 Å². The normalized spacial score (nSPS) is 25.4. The van der Waals surface area contributed by atoms with E-state index in [1.165, 1.54) is 5.69 Å². The number of rotatable bonds is 2. The van der Waals surface area contributed by atoms with Gasteiger partial charge in [-0.05, 0) is 31.9 Å². The number of morpholine rings is 1. The Balaban J connectivity index is 2.20. The van der Waals surface area contributed by atoms with Crippen molar-refractivity contribution in [2.45, 2.75) is 45.7 Å². The zero-order valence-corrected chi connectivity index (χ0v) is 11.2. The fourth-order valence-electron chi connectivity index (χ4n) is 2.40. The second-order valence-corrected chi connectivity index (χ2v) is 5.24. The molecule has 1 fully saturated rings. The van der Waals surface area contributed by atoms with Crippen LogP contribution < -0.4 is 4.90 Å². The second kappa shape index (κ2) is 5.05. The van der Waals surface area contributed by atoms with E-state index in [1.54, 1.807) is 0 Å². The summed E-state index contributed by atoms with van der Waals surface area (Å²) in [7, 11) is 0. The van der Waals surface area contributed by atoms with Gasteiger partial charge in [-0.2, -0.15) is 0 Å². The largest absolute Gasteiger partial charge is 0.377 e. The lowest BCUT2D eigenvalue weighted by molar-refractivity contribution is 0.0756. The molecule has 0 spiro atoms. The van der Waals surface area contributed by atoms with Crippen LogP contribution in [0.3, 0.4) is 0 Å². The van der Waals surface area contributed by atoms with Gasteiger partial charge < -0.3 is 9.64 Å². The average Bonchev–Trinajstić information content (AvgIpc) is 2.29. The van der Waals surface area contributed by atoms with Crippen molar-refractivity contribution in [3.8, 4) is 0 Å². The van der Waals surface area contributed by atoms with Gasteiger partial charge in [0.25, 0.3) is 0 Å². The first-order valence-electron chi connectivity index (χ1n) is 6.41. The van der Waals surface area contributed by atoms with Crippen LogP contribution in [-0.2, 0) is 4.74 Å². The Labute approximate surface area is 104 Å². The van der Waals surface area contributed by atoms with Crippen molar-refractivity contribution in [2.75, 3.05) is 18.1 Å². The van der Waals surface area contributed by atoms with E-state index in [9.17, 15) is 0 Å². The maximum atomic E-state index is 5.55. The summed E-state index contributed by atoms with van der Waals surface area (Å²) < 4.78 is 5.55. The predicted octanol–water partition coefficient (Wildman–Crippen LogP) is 2.82. The van der Waals surface area contributed by atoms with Crippen LogP contribution in [-0.4, -0.2) is 30.3 Å². The molecule has 0 unspecified atom stereocenters. The fraction of sp³-hybridized carbons (Fsp3) is 0.643. The van der Waals surface area contributed by atoms with Crippen molar-refractivity contribution in [2.24, 2.45) is 0 Å². The quantitative estimate of drug-likeness (QED) is 0.787. The molecule has 0 amide bonds. The molecule has 1 saturated heterocycles. The van der Waals surface area contributed by atoms with Crippen LogP contribution in [0.5, 0.6) is 0 Å². The van der Waals surface area contributed by atoms with Crippen LogP contribution >= 0.6 is 0 Å². The Bertz CT molecular complexity index is 351. The van der Waals surface area contributed by atoms with Crippen LogP contribution in [0, 0.1) is 0 Å². The highest BCUT2D eigenvalue weighted by molar-refractivity contribution is 5.47. The van der Waals surface area contributed by atoms with Gasteiger partial charge in [-0.25, -0.2) is 0 Å². The molecule has 0 radical (unpaired) electrons. The number of ether oxygens (including phenoxy) is 1. The second-order valence-electron chi connectivity index (χ2n) is 5.24. The predicted molar refractivity (Wildman–Crippen MR) is 70.5 cm³/mol. The van der Waals surface area contributed by atoms with E-state index in [0.29, 0.717) is 18.0 Å². The third-order valence-electron chi connectivity index (χ3n) is 3.33. The third-order valence-corrected chi connectivity index (χ3v) is 3.33. The molecule has 0 aliphatic carbocycles. The van der Waals surface area contributed by atoms with Crippen LogP contribution in [0.25, 0.3) is 0 Å². The Kier molecular flexibility index (Phi) is 3.67. The molecule has 1 aliphatic heterocycles. The van der Waals surface area contributed by atoms with Gasteiger partial charge in [0.1, 0.15) is 0 Å². The maximum absolute atomic E-state index is 5.55. The molecule has 2 atom stereocenters. The molecule has 2 heterocycles. The smallest absolute Gasteiger partial charge is 0.0668 e. The Morgan fingerprint density at radius 3 is 2.35 bits per heavy atom. The van der Waals surface area contributed by atoms with E-state index in [-0.39, 0.29) is 0 Å². The van der Waals surface area contributed by atoms with E-state index < -0.39 is 0 Å². The van der Waals surface area contributed by atoms with E-state index in [2.05, 4.69) is 49.7 Å². The Morgan fingerprint density at radius 1 is 1.24 bits per heavy atom. The van der Waals surface area contributed by atoms with Crippen LogP contribution in [0.2, 0.25) is 0 Å². The van der Waals surface area contributed by atoms with Crippen molar-refractivity contribution < 1.29 is 4.74 Å². The first-order chi connectivity index (χ1) is 8.09. The molecule has 0 saturated carbocycles. The lowest BCUT2D eigenvalue weighted by Gasteiger charge is -2.40. The lowest BCUT2D eigenvalue weighted by atomic mass is 10.1. The van der Waals surface area contributed by atoms with Gasteiger partial charge in [0.15, 0.2) is 0 Å². The zero-order valence-electron chi connectivity index (χ0n) is 11.2. The minimum Gasteiger partial charge on any atom is -0.377 e. The summed E-state index contributed by atoms with van der Waals surface area (Å²) >= 11 is 0. The summed E-state index contributed by atoms with van der Waals surface area (Å²) in [6.45, 7) is 10.3. The number of aromatic nitrogens is 1. The molecule has 3 nitrogen and oxygen atoms in total. The van der Waals surface area contributed by atoms with Gasteiger partial charge >= 0.3 is 0 Å². The molecular formula is C14H22N2O. The molecule has 3 heteroatoms. The standard InChI is InChI=1S/C14H22N2O/c1-10(2)14-6-5-13(7-15-14)16-11(3)8-17-9-12(16)4/h5-7,10-12H,8-9H2,1-4H3/t11-,12-/m1/s1. The molecule has 17 heavy (non-hydrogen) atoms. The fourth-order valence-corrected chi connectivity index (χ4v) is 2.40. The molecule has 1 aromatic rings. The zero-order chi connectivity index (χ0) is 12.4. The van der Waals surface area contributed by atoms with Crippen LogP contribution in [0.15, 0.2) is 18.3 Å². The molecule has 1 aromatic heterocycles. The number of nitrogens with zero attached hydrogens (tertiary/aromatic N) is 2. The molecule has 1 aliphatic rings. The SMILES string of the molecule is CC(C)c1ccc(N2[C@H](C)COC[C@H]2C)cn1. The summed E-state index contributed by atoms with van der Waals surface area (Å²) in [5, 5.41) is 0. The first kappa shape index (κ1) is 12.4. The van der Waals surface area contributed by atoms with Gasteiger partial charge in [-0.1, -0.05) is 13.8 Å². The van der Waals surface area contributed by atoms with E-state index in [4.69, 9.17) is 4.74 Å². The van der Waals surface area contributed by atoms with Crippen molar-refractivity contribution in [3.63, 3.8) is 0 Å². The molecule has 0 aromatic carbocycles. The van der Waals surface area contributed by atoms with E-state index >= 15 is 0 Å². The van der Waals surface area contributed by atoms with Gasteiger partial charge in [-0.15, -0.1) is 0 Å². The molecule has 94 valence electrons. The van der Waals surface area contributed by atoms with Crippen molar-refractivity contribution in [1.29, 1.82) is 0 Å². The number of anilines is 1. The third kappa shape index (κ3) is 2.60. The van der Waals surface area contributed by atoms with Gasteiger partial charge in [0.05, 0.1) is 25.1 Å². The minimum absolute atomic E-state index is 0.422. The first-order valence-corrected chi connectivity index (χ1v) is 6.41. The molecule has 0 N–H and O–H groups in total. The minimum atomic E-state index is 0.422. The Morgan fingerprint density at radius 2 is 1.88 bits per heavy atom. The monoisotopic (exact) mass is 234 g/mol. The van der Waals surface area contributed by atoms with Gasteiger partial charge in [-0.3, -0.25) is 4.98 Å². The highest BCUT2D eigenvalue weighted by atomic mass is 16.5. The highest BCUT2D eigenvalue weighted by Crippen LogP contribution is 2.24. The maximum Gasteiger partial charge on any atom is 0.0668 e. The number of hydrogen-bond acceptors (Lipinski definition) is 3. The van der Waals surface area contributed by atoms with E-state index in [1.807, 2.05) is 6.20 Å².